The first-order valence-electron chi connectivity index (χ1n) is 10.6. The molecular formula is C24H24N6O3. The summed E-state index contributed by atoms with van der Waals surface area (Å²) in [4.78, 5) is 29.8. The maximum absolute atomic E-state index is 13.8. The van der Waals surface area contributed by atoms with E-state index in [9.17, 15) is 14.7 Å². The number of fused-ring (bicyclic) bond motifs is 1. The number of aryl methyl sites for hydroxylation is 2. The molecular weight excluding hydrogens is 420 g/mol. The summed E-state index contributed by atoms with van der Waals surface area (Å²) in [5, 5.41) is 16.0. The van der Waals surface area contributed by atoms with Crippen molar-refractivity contribution in [3.63, 3.8) is 0 Å². The number of aliphatic carboxylic acids is 1. The average Bonchev–Trinajstić information content (AvgIpc) is 3.15. The highest BCUT2D eigenvalue weighted by atomic mass is 16.4. The molecule has 168 valence electrons. The predicted octanol–water partition coefficient (Wildman–Crippen LogP) is 1.51. The second-order valence-electron chi connectivity index (χ2n) is 8.23. The van der Waals surface area contributed by atoms with Gasteiger partial charge < -0.3 is 16.2 Å². The molecule has 5 rings (SSSR count). The number of hydrogen-bond acceptors (Lipinski definition) is 7. The van der Waals surface area contributed by atoms with Crippen LogP contribution in [0.15, 0.2) is 69.7 Å². The van der Waals surface area contributed by atoms with E-state index < -0.39 is 12.0 Å². The number of carbonyl (C=O) groups is 1. The molecule has 1 atom stereocenters. The Labute approximate surface area is 189 Å². The van der Waals surface area contributed by atoms with Gasteiger partial charge in [0, 0.05) is 5.69 Å². The van der Waals surface area contributed by atoms with Crippen molar-refractivity contribution >= 4 is 22.6 Å². The van der Waals surface area contributed by atoms with E-state index in [0.29, 0.717) is 22.5 Å². The maximum atomic E-state index is 13.8. The molecule has 0 saturated carbocycles. The number of hydrazine groups is 1. The molecule has 2 aromatic carbocycles. The summed E-state index contributed by atoms with van der Waals surface area (Å²) < 4.78 is 1.71. The fourth-order valence-corrected chi connectivity index (χ4v) is 4.56. The molecule has 5 N–H and O–H groups in total. The Bertz CT molecular complexity index is 1420. The molecule has 0 fully saturated rings. The number of benzene rings is 2. The summed E-state index contributed by atoms with van der Waals surface area (Å²) in [7, 11) is 0. The second-order valence-corrected chi connectivity index (χ2v) is 8.23. The Morgan fingerprint density at radius 1 is 1.18 bits per heavy atom. The molecule has 9 nitrogen and oxygen atoms in total. The molecule has 3 aromatic rings. The summed E-state index contributed by atoms with van der Waals surface area (Å²) in [5.41, 5.74) is 12.7. The van der Waals surface area contributed by atoms with E-state index in [1.807, 2.05) is 62.4 Å². The Kier molecular flexibility index (Phi) is 4.90. The first kappa shape index (κ1) is 20.8. The van der Waals surface area contributed by atoms with Crippen LogP contribution in [-0.4, -0.2) is 39.2 Å². The Hall–Kier alpha value is -4.11. The maximum Gasteiger partial charge on any atom is 0.327 e. The van der Waals surface area contributed by atoms with Crippen LogP contribution in [0.4, 0.5) is 0 Å². The smallest absolute Gasteiger partial charge is 0.327 e. The van der Waals surface area contributed by atoms with Gasteiger partial charge in [-0.05, 0) is 42.5 Å². The zero-order valence-corrected chi connectivity index (χ0v) is 18.3. The van der Waals surface area contributed by atoms with Crippen LogP contribution in [-0.2, 0) is 11.3 Å². The number of nitrogens with two attached hydrogens (primary N) is 1. The number of rotatable bonds is 4. The standard InChI is InChI=1S/C24H24N6O3/c1-13-6-3-4-9-17(13)30-16(10-15-8-5-7-14(2)18(15)23(30)31)11-29-22-19(20(28-29)24(32)33)21(25)26-12-27-22/h3-10,20,27-28H,11-12H2,1-2H3,(H2,25,26)(H,32,33). The fraction of sp³-hybridized carbons (Fsp3) is 0.208. The van der Waals surface area contributed by atoms with Crippen molar-refractivity contribution in [3.05, 3.63) is 87.1 Å². The number of carboxylic acid groups (broad SMARTS) is 1. The summed E-state index contributed by atoms with van der Waals surface area (Å²) >= 11 is 0. The lowest BCUT2D eigenvalue weighted by Crippen LogP contribution is -2.44. The molecule has 9 heteroatoms. The summed E-state index contributed by atoms with van der Waals surface area (Å²) in [6, 6.07) is 14.4. The lowest BCUT2D eigenvalue weighted by molar-refractivity contribution is -0.139. The minimum atomic E-state index is -1.06. The number of hydrogen-bond donors (Lipinski definition) is 4. The van der Waals surface area contributed by atoms with Gasteiger partial charge in [0.15, 0.2) is 6.04 Å². The second kappa shape index (κ2) is 7.79. The van der Waals surface area contributed by atoms with Crippen molar-refractivity contribution in [2.75, 3.05) is 6.67 Å². The van der Waals surface area contributed by atoms with Gasteiger partial charge in [-0.1, -0.05) is 36.4 Å². The molecule has 0 bridgehead atoms. The molecule has 0 amide bonds. The number of aromatic nitrogens is 1. The zero-order valence-electron chi connectivity index (χ0n) is 18.3. The van der Waals surface area contributed by atoms with Gasteiger partial charge in [-0.15, -0.1) is 0 Å². The quantitative estimate of drug-likeness (QED) is 0.481. The van der Waals surface area contributed by atoms with E-state index in [0.717, 1.165) is 22.2 Å². The molecule has 3 heterocycles. The Morgan fingerprint density at radius 2 is 1.94 bits per heavy atom. The number of nitrogens with one attached hydrogen (secondary N) is 2. The van der Waals surface area contributed by atoms with Crippen LogP contribution in [0.25, 0.3) is 16.5 Å². The van der Waals surface area contributed by atoms with Gasteiger partial charge in [0.2, 0.25) is 0 Å². The first-order valence-corrected chi connectivity index (χ1v) is 10.6. The van der Waals surface area contributed by atoms with Crippen molar-refractivity contribution in [2.45, 2.75) is 26.4 Å². The highest BCUT2D eigenvalue weighted by Crippen LogP contribution is 2.26. The van der Waals surface area contributed by atoms with Crippen molar-refractivity contribution in [3.8, 4) is 5.69 Å². The monoisotopic (exact) mass is 444 g/mol. The molecule has 2 aliphatic rings. The van der Waals surface area contributed by atoms with Gasteiger partial charge in [0.05, 0.1) is 23.2 Å². The van der Waals surface area contributed by atoms with Crippen molar-refractivity contribution < 1.29 is 9.90 Å². The first-order chi connectivity index (χ1) is 15.9. The topological polar surface area (TPSA) is 125 Å². The van der Waals surface area contributed by atoms with Crippen LogP contribution < -0.4 is 22.0 Å². The van der Waals surface area contributed by atoms with Crippen LogP contribution >= 0.6 is 0 Å². The van der Waals surface area contributed by atoms with Crippen LogP contribution in [0.1, 0.15) is 16.8 Å². The number of amidine groups is 1. The van der Waals surface area contributed by atoms with Gasteiger partial charge in [0.25, 0.3) is 5.56 Å². The van der Waals surface area contributed by atoms with E-state index in [2.05, 4.69) is 15.7 Å². The molecule has 0 spiro atoms. The highest BCUT2D eigenvalue weighted by molar-refractivity contribution is 6.04. The van der Waals surface area contributed by atoms with E-state index in [-0.39, 0.29) is 24.6 Å². The van der Waals surface area contributed by atoms with E-state index in [1.54, 1.807) is 9.58 Å². The normalized spacial score (nSPS) is 17.7. The van der Waals surface area contributed by atoms with Crippen LogP contribution in [0.3, 0.4) is 0 Å². The van der Waals surface area contributed by atoms with Gasteiger partial charge in [-0.25, -0.2) is 10.4 Å². The Balaban J connectivity index is 1.70. The minimum Gasteiger partial charge on any atom is -0.480 e. The van der Waals surface area contributed by atoms with Crippen molar-refractivity contribution in [2.24, 2.45) is 10.7 Å². The summed E-state index contributed by atoms with van der Waals surface area (Å²) in [6.07, 6.45) is 0. The van der Waals surface area contributed by atoms with Gasteiger partial charge in [-0.2, -0.15) is 0 Å². The molecule has 0 aliphatic carbocycles. The largest absolute Gasteiger partial charge is 0.480 e. The third-order valence-electron chi connectivity index (χ3n) is 6.13. The third-order valence-corrected chi connectivity index (χ3v) is 6.13. The third kappa shape index (κ3) is 3.33. The molecule has 1 aromatic heterocycles. The van der Waals surface area contributed by atoms with Gasteiger partial charge in [-0.3, -0.25) is 19.2 Å². The number of nitrogens with zero attached hydrogens (tertiary/aromatic N) is 3. The molecule has 1 unspecified atom stereocenters. The minimum absolute atomic E-state index is 0.115. The molecule has 33 heavy (non-hydrogen) atoms. The predicted molar refractivity (Wildman–Crippen MR) is 126 cm³/mol. The van der Waals surface area contributed by atoms with Gasteiger partial charge >= 0.3 is 5.97 Å². The summed E-state index contributed by atoms with van der Waals surface area (Å²) in [5.74, 6) is -0.308. The number of para-hydroxylation sites is 1. The summed E-state index contributed by atoms with van der Waals surface area (Å²) in [6.45, 7) is 4.37. The SMILES string of the molecule is Cc1ccccc1-n1c(CN2NC(C(=O)O)C3=C2NCN=C3N)cc2cccc(C)c2c1=O. The molecule has 0 saturated heterocycles. The van der Waals surface area contributed by atoms with Crippen molar-refractivity contribution in [1.82, 2.24) is 20.3 Å². The van der Waals surface area contributed by atoms with E-state index in [4.69, 9.17) is 5.73 Å². The lowest BCUT2D eigenvalue weighted by atomic mass is 10.1. The number of carboxylic acids is 1. The molecule has 0 radical (unpaired) electrons. The molecule has 2 aliphatic heterocycles. The fourth-order valence-electron chi connectivity index (χ4n) is 4.56. The zero-order chi connectivity index (χ0) is 23.3. The highest BCUT2D eigenvalue weighted by Gasteiger charge is 2.39. The van der Waals surface area contributed by atoms with Crippen LogP contribution in [0.5, 0.6) is 0 Å². The average molecular weight is 444 g/mol. The van der Waals surface area contributed by atoms with Gasteiger partial charge in [0.1, 0.15) is 18.3 Å². The Morgan fingerprint density at radius 3 is 2.70 bits per heavy atom. The van der Waals surface area contributed by atoms with Crippen LogP contribution in [0.2, 0.25) is 0 Å². The van der Waals surface area contributed by atoms with E-state index >= 15 is 0 Å². The number of aliphatic imine (C=N–C) groups is 1. The van der Waals surface area contributed by atoms with Crippen LogP contribution in [0, 0.1) is 13.8 Å². The lowest BCUT2D eigenvalue weighted by Gasteiger charge is -2.26. The van der Waals surface area contributed by atoms with Crippen molar-refractivity contribution in [1.29, 1.82) is 0 Å². The van der Waals surface area contributed by atoms with E-state index in [1.165, 1.54) is 0 Å². The number of pyridine rings is 1.